The Morgan fingerprint density at radius 1 is 1.22 bits per heavy atom. The van der Waals surface area contributed by atoms with Crippen LogP contribution in [0.1, 0.15) is 31.4 Å². The van der Waals surface area contributed by atoms with Crippen molar-refractivity contribution >= 4 is 21.8 Å². The van der Waals surface area contributed by atoms with Gasteiger partial charge in [-0.1, -0.05) is 12.1 Å². The Bertz CT molecular complexity index is 768. The molecule has 1 aliphatic heterocycles. The van der Waals surface area contributed by atoms with Gasteiger partial charge in [-0.05, 0) is 37.5 Å². The van der Waals surface area contributed by atoms with E-state index in [0.717, 1.165) is 0 Å². The van der Waals surface area contributed by atoms with E-state index in [4.69, 9.17) is 5.73 Å². The molecule has 150 valence electrons. The van der Waals surface area contributed by atoms with Gasteiger partial charge in [-0.25, -0.2) is 17.6 Å². The van der Waals surface area contributed by atoms with Gasteiger partial charge in [0.2, 0.25) is 5.91 Å². The molecule has 0 saturated carbocycles. The van der Waals surface area contributed by atoms with Crippen molar-refractivity contribution in [2.45, 2.75) is 25.8 Å². The van der Waals surface area contributed by atoms with Gasteiger partial charge in [-0.2, -0.15) is 0 Å². The average Bonchev–Trinajstić information content (AvgIpc) is 2.61. The first-order valence-corrected chi connectivity index (χ1v) is 10.7. The maximum Gasteiger partial charge on any atom is 0.314 e. The molecular formula is C18H26FN3O4S. The number of rotatable bonds is 6. The highest BCUT2D eigenvalue weighted by molar-refractivity contribution is 7.91. The molecule has 1 aromatic rings. The summed E-state index contributed by atoms with van der Waals surface area (Å²) in [5.74, 6) is -0.922. The minimum absolute atomic E-state index is 0.00334. The van der Waals surface area contributed by atoms with Gasteiger partial charge in [0.15, 0.2) is 0 Å². The molecule has 7 nitrogen and oxygen atoms in total. The number of halogens is 1. The molecule has 0 spiro atoms. The van der Waals surface area contributed by atoms with Gasteiger partial charge in [0.25, 0.3) is 0 Å². The van der Waals surface area contributed by atoms with Crippen LogP contribution in [0.15, 0.2) is 24.3 Å². The molecule has 1 atom stereocenters. The molecule has 2 N–H and O–H groups in total. The smallest absolute Gasteiger partial charge is 0.314 e. The van der Waals surface area contributed by atoms with Crippen molar-refractivity contribution in [2.75, 3.05) is 31.6 Å². The summed E-state index contributed by atoms with van der Waals surface area (Å²) in [7, 11) is -1.54. The van der Waals surface area contributed by atoms with Crippen LogP contribution in [0.25, 0.3) is 0 Å². The van der Waals surface area contributed by atoms with E-state index in [1.54, 1.807) is 17.0 Å². The predicted molar refractivity (Wildman–Crippen MR) is 100 cm³/mol. The second-order valence-electron chi connectivity index (χ2n) is 6.84. The molecule has 9 heteroatoms. The number of carbonyl (C=O) groups is 2. The molecule has 27 heavy (non-hydrogen) atoms. The van der Waals surface area contributed by atoms with E-state index in [-0.39, 0.29) is 29.9 Å². The van der Waals surface area contributed by atoms with Crippen LogP contribution >= 0.6 is 0 Å². The van der Waals surface area contributed by atoms with Gasteiger partial charge in [0.1, 0.15) is 15.7 Å². The Labute approximate surface area is 159 Å². The predicted octanol–water partition coefficient (Wildman–Crippen LogP) is 1.55. The number of hydrogen-bond acceptors (Lipinski definition) is 4. The molecule has 0 radical (unpaired) electrons. The normalized spacial score (nSPS) is 17.9. The van der Waals surface area contributed by atoms with E-state index < -0.39 is 27.7 Å². The van der Waals surface area contributed by atoms with Gasteiger partial charge in [-0.15, -0.1) is 0 Å². The highest BCUT2D eigenvalue weighted by atomic mass is 32.2. The second-order valence-corrected chi connectivity index (χ2v) is 9.14. The van der Waals surface area contributed by atoms with Crippen LogP contribution in [0.4, 0.5) is 9.18 Å². The molecule has 1 saturated heterocycles. The lowest BCUT2D eigenvalue weighted by molar-refractivity contribution is -0.138. The number of primary amides is 1. The van der Waals surface area contributed by atoms with Gasteiger partial charge in [-0.3, -0.25) is 4.79 Å². The van der Waals surface area contributed by atoms with E-state index in [1.807, 2.05) is 6.92 Å². The van der Waals surface area contributed by atoms with Crippen LogP contribution in [-0.2, 0) is 14.6 Å². The fourth-order valence-electron chi connectivity index (χ4n) is 3.32. The summed E-state index contributed by atoms with van der Waals surface area (Å²) in [6, 6.07) is 4.64. The molecule has 1 aromatic carbocycles. The first-order valence-electron chi connectivity index (χ1n) is 8.91. The summed E-state index contributed by atoms with van der Waals surface area (Å²) in [4.78, 5) is 27.5. The third-order valence-electron chi connectivity index (χ3n) is 4.98. The van der Waals surface area contributed by atoms with E-state index in [0.29, 0.717) is 24.9 Å². The Kier molecular flexibility index (Phi) is 6.80. The van der Waals surface area contributed by atoms with Crippen molar-refractivity contribution in [3.63, 3.8) is 0 Å². The quantitative estimate of drug-likeness (QED) is 0.784. The number of likely N-dealkylation sites (N-methyl/N-ethyl adjacent to an activating group) is 2. The third-order valence-corrected chi connectivity index (χ3v) is 6.70. The summed E-state index contributed by atoms with van der Waals surface area (Å²) in [6.07, 6.45) is 0.582. The first-order chi connectivity index (χ1) is 12.6. The number of nitrogens with two attached hydrogens (primary N) is 1. The first kappa shape index (κ1) is 21.1. The van der Waals surface area contributed by atoms with Crippen LogP contribution in [-0.4, -0.2) is 61.8 Å². The van der Waals surface area contributed by atoms with Gasteiger partial charge < -0.3 is 15.5 Å². The number of nitrogens with zero attached hydrogens (tertiary/aromatic N) is 2. The summed E-state index contributed by atoms with van der Waals surface area (Å²) in [5.41, 5.74) is 6.02. The Balaban J connectivity index is 2.28. The average molecular weight is 399 g/mol. The molecular weight excluding hydrogens is 373 g/mol. The van der Waals surface area contributed by atoms with Crippen LogP contribution in [0, 0.1) is 11.7 Å². The van der Waals surface area contributed by atoms with Crippen LogP contribution < -0.4 is 5.73 Å². The lowest BCUT2D eigenvalue weighted by atomic mass is 9.97. The van der Waals surface area contributed by atoms with Crippen molar-refractivity contribution in [2.24, 2.45) is 11.7 Å². The molecule has 1 unspecified atom stereocenters. The standard InChI is InChI=1S/C18H26FN3O4S/c1-3-22(17(23)14-8-10-27(25,26)11-9-14)16(12-21(2)18(20)24)13-4-6-15(19)7-5-13/h4-7,14,16H,3,8-12H2,1-2H3,(H2,20,24). The van der Waals surface area contributed by atoms with Crippen molar-refractivity contribution < 1.29 is 22.4 Å². The topological polar surface area (TPSA) is 101 Å². The van der Waals surface area contributed by atoms with Gasteiger partial charge in [0.05, 0.1) is 17.5 Å². The van der Waals surface area contributed by atoms with Crippen molar-refractivity contribution in [1.82, 2.24) is 9.80 Å². The largest absolute Gasteiger partial charge is 0.351 e. The molecule has 0 aliphatic carbocycles. The molecule has 0 bridgehead atoms. The molecule has 1 heterocycles. The minimum atomic E-state index is -3.07. The van der Waals surface area contributed by atoms with Gasteiger partial charge >= 0.3 is 6.03 Å². The Hall–Kier alpha value is -2.16. The zero-order valence-electron chi connectivity index (χ0n) is 15.6. The van der Waals surface area contributed by atoms with E-state index in [9.17, 15) is 22.4 Å². The van der Waals surface area contributed by atoms with Gasteiger partial charge in [0, 0.05) is 26.1 Å². The maximum atomic E-state index is 13.3. The summed E-state index contributed by atoms with van der Waals surface area (Å²) in [5, 5.41) is 0. The fraction of sp³-hybridized carbons (Fsp3) is 0.556. The maximum absolute atomic E-state index is 13.3. The number of amides is 3. The molecule has 1 aliphatic rings. The van der Waals surface area contributed by atoms with E-state index >= 15 is 0 Å². The van der Waals surface area contributed by atoms with E-state index in [2.05, 4.69) is 0 Å². The number of sulfone groups is 1. The van der Waals surface area contributed by atoms with E-state index in [1.165, 1.54) is 24.1 Å². The second kappa shape index (κ2) is 8.69. The van der Waals surface area contributed by atoms with Crippen molar-refractivity contribution in [3.05, 3.63) is 35.6 Å². The van der Waals surface area contributed by atoms with Crippen LogP contribution in [0.3, 0.4) is 0 Å². The SMILES string of the molecule is CCN(C(=O)C1CCS(=O)(=O)CC1)C(CN(C)C(N)=O)c1ccc(F)cc1. The number of hydrogen-bond donors (Lipinski definition) is 1. The number of benzene rings is 1. The molecule has 3 amide bonds. The minimum Gasteiger partial charge on any atom is -0.351 e. The summed E-state index contributed by atoms with van der Waals surface area (Å²) < 4.78 is 36.6. The fourth-order valence-corrected chi connectivity index (χ4v) is 4.81. The Morgan fingerprint density at radius 2 is 1.78 bits per heavy atom. The third kappa shape index (κ3) is 5.41. The van der Waals surface area contributed by atoms with Crippen molar-refractivity contribution in [1.29, 1.82) is 0 Å². The highest BCUT2D eigenvalue weighted by Gasteiger charge is 2.34. The lowest BCUT2D eigenvalue weighted by Gasteiger charge is -2.36. The molecule has 2 rings (SSSR count). The number of urea groups is 1. The Morgan fingerprint density at radius 3 is 2.26 bits per heavy atom. The summed E-state index contributed by atoms with van der Waals surface area (Å²) in [6.45, 7) is 2.35. The van der Waals surface area contributed by atoms with Crippen molar-refractivity contribution in [3.8, 4) is 0 Å². The number of carbonyl (C=O) groups excluding carboxylic acids is 2. The highest BCUT2D eigenvalue weighted by Crippen LogP contribution is 2.28. The van der Waals surface area contributed by atoms with Crippen LogP contribution in [0.2, 0.25) is 0 Å². The van der Waals surface area contributed by atoms with Crippen LogP contribution in [0.5, 0.6) is 0 Å². The lowest BCUT2D eigenvalue weighted by Crippen LogP contribution is -2.46. The zero-order chi connectivity index (χ0) is 20.2. The molecule has 1 fully saturated rings. The monoisotopic (exact) mass is 399 g/mol. The summed E-state index contributed by atoms with van der Waals surface area (Å²) >= 11 is 0. The zero-order valence-corrected chi connectivity index (χ0v) is 16.4. The molecule has 0 aromatic heterocycles.